The van der Waals surface area contributed by atoms with E-state index in [0.29, 0.717) is 24.2 Å². The molecule has 0 aliphatic carbocycles. The number of nitrogens with zero attached hydrogens (tertiary/aromatic N) is 2. The van der Waals surface area contributed by atoms with Gasteiger partial charge in [0.15, 0.2) is 0 Å². The van der Waals surface area contributed by atoms with Gasteiger partial charge in [0.05, 0.1) is 17.7 Å². The molecule has 0 spiro atoms. The Morgan fingerprint density at radius 2 is 1.95 bits per heavy atom. The van der Waals surface area contributed by atoms with Crippen LogP contribution in [-0.2, 0) is 6.54 Å². The number of halogens is 1. The molecule has 2 aliphatic rings. The average Bonchev–Trinajstić information content (AvgIpc) is 2.60. The molecule has 3 rings (SSSR count). The molecule has 2 unspecified atom stereocenters. The number of piperidine rings is 1. The minimum absolute atomic E-state index is 0.184. The van der Waals surface area contributed by atoms with Crippen LogP contribution >= 0.6 is 0 Å². The monoisotopic (exact) mass is 260 g/mol. The van der Waals surface area contributed by atoms with Gasteiger partial charge in [-0.3, -0.25) is 4.90 Å². The summed E-state index contributed by atoms with van der Waals surface area (Å²) < 4.78 is 13.4. The maximum Gasteiger partial charge on any atom is 0.124 e. The summed E-state index contributed by atoms with van der Waals surface area (Å²) in [6.07, 6.45) is 3.67. The van der Waals surface area contributed by atoms with E-state index >= 15 is 0 Å². The minimum atomic E-state index is -0.349. The number of benzene rings is 1. The molecule has 2 bridgehead atoms. The van der Waals surface area contributed by atoms with E-state index in [0.717, 1.165) is 31.2 Å². The van der Waals surface area contributed by atoms with Crippen LogP contribution in [0.25, 0.3) is 0 Å². The van der Waals surface area contributed by atoms with Crippen LogP contribution in [0, 0.1) is 17.1 Å². The zero-order chi connectivity index (χ0) is 13.4. The Kier molecular flexibility index (Phi) is 3.26. The Balaban J connectivity index is 1.79. The van der Waals surface area contributed by atoms with Gasteiger partial charge in [-0.2, -0.15) is 5.26 Å². The number of hydrogen-bond donors (Lipinski definition) is 1. The Hall–Kier alpha value is -1.44. The third-order valence-electron chi connectivity index (χ3n) is 4.31. The Morgan fingerprint density at radius 1 is 1.26 bits per heavy atom. The number of rotatable bonds is 2. The van der Waals surface area contributed by atoms with Crippen LogP contribution in [0.4, 0.5) is 4.39 Å². The van der Waals surface area contributed by atoms with Crippen LogP contribution in [0.2, 0.25) is 0 Å². The molecule has 4 heteroatoms. The van der Waals surface area contributed by atoms with E-state index in [1.165, 1.54) is 12.1 Å². The minimum Gasteiger partial charge on any atom is -0.393 e. The van der Waals surface area contributed by atoms with Gasteiger partial charge in [-0.25, -0.2) is 4.39 Å². The standard InChI is InChI=1S/C15H17FN2O/c16-12-4-10(8-17)3-11(5-12)9-18-13-1-2-14(18)7-15(19)6-13/h3-5,13-15,19H,1-2,6-7,9H2. The largest absolute Gasteiger partial charge is 0.393 e. The molecule has 100 valence electrons. The molecule has 2 atom stereocenters. The summed E-state index contributed by atoms with van der Waals surface area (Å²) in [5, 5.41) is 18.7. The van der Waals surface area contributed by atoms with E-state index in [2.05, 4.69) is 4.90 Å². The lowest BCUT2D eigenvalue weighted by Gasteiger charge is -2.37. The van der Waals surface area contributed by atoms with Crippen molar-refractivity contribution in [1.82, 2.24) is 4.90 Å². The number of nitriles is 1. The Bertz CT molecular complexity index is 511. The van der Waals surface area contributed by atoms with Crippen LogP contribution < -0.4 is 0 Å². The van der Waals surface area contributed by atoms with Crippen LogP contribution in [0.5, 0.6) is 0 Å². The predicted molar refractivity (Wildman–Crippen MR) is 68.7 cm³/mol. The van der Waals surface area contributed by atoms with Gasteiger partial charge in [0, 0.05) is 18.6 Å². The number of aliphatic hydroxyl groups excluding tert-OH is 1. The number of hydrogen-bond acceptors (Lipinski definition) is 3. The highest BCUT2D eigenvalue weighted by molar-refractivity contribution is 5.33. The van der Waals surface area contributed by atoms with E-state index in [1.807, 2.05) is 6.07 Å². The van der Waals surface area contributed by atoms with Gasteiger partial charge in [0.25, 0.3) is 0 Å². The highest BCUT2D eigenvalue weighted by atomic mass is 19.1. The van der Waals surface area contributed by atoms with Gasteiger partial charge in [0.1, 0.15) is 5.82 Å². The molecule has 2 fully saturated rings. The second-order valence-corrected chi connectivity index (χ2v) is 5.64. The van der Waals surface area contributed by atoms with Crippen LogP contribution in [0.3, 0.4) is 0 Å². The smallest absolute Gasteiger partial charge is 0.124 e. The molecular weight excluding hydrogens is 243 g/mol. The summed E-state index contributed by atoms with van der Waals surface area (Å²) in [7, 11) is 0. The first kappa shape index (κ1) is 12.6. The fourth-order valence-corrected chi connectivity index (χ4v) is 3.52. The van der Waals surface area contributed by atoms with Crippen LogP contribution in [-0.4, -0.2) is 28.2 Å². The van der Waals surface area contributed by atoms with Gasteiger partial charge in [-0.15, -0.1) is 0 Å². The molecule has 1 aromatic carbocycles. The van der Waals surface area contributed by atoms with Crippen molar-refractivity contribution in [3.05, 3.63) is 35.1 Å². The molecular formula is C15H17FN2O. The summed E-state index contributed by atoms with van der Waals surface area (Å²) in [5.74, 6) is -0.349. The lowest BCUT2D eigenvalue weighted by Crippen LogP contribution is -2.44. The summed E-state index contributed by atoms with van der Waals surface area (Å²) >= 11 is 0. The first-order chi connectivity index (χ1) is 9.15. The zero-order valence-electron chi connectivity index (χ0n) is 10.7. The van der Waals surface area contributed by atoms with Crippen molar-refractivity contribution in [1.29, 1.82) is 5.26 Å². The predicted octanol–water partition coefficient (Wildman–Crippen LogP) is 2.19. The maximum atomic E-state index is 13.4. The van der Waals surface area contributed by atoms with Crippen molar-refractivity contribution in [3.63, 3.8) is 0 Å². The van der Waals surface area contributed by atoms with Crippen molar-refractivity contribution < 1.29 is 9.50 Å². The Labute approximate surface area is 112 Å². The first-order valence-corrected chi connectivity index (χ1v) is 6.79. The Morgan fingerprint density at radius 3 is 2.58 bits per heavy atom. The zero-order valence-corrected chi connectivity index (χ0v) is 10.7. The molecule has 0 aromatic heterocycles. The third-order valence-corrected chi connectivity index (χ3v) is 4.31. The quantitative estimate of drug-likeness (QED) is 0.886. The van der Waals surface area contributed by atoms with Gasteiger partial charge < -0.3 is 5.11 Å². The molecule has 2 saturated heterocycles. The van der Waals surface area contributed by atoms with Crippen molar-refractivity contribution >= 4 is 0 Å². The molecule has 19 heavy (non-hydrogen) atoms. The van der Waals surface area contributed by atoms with Crippen molar-refractivity contribution in [2.45, 2.75) is 50.4 Å². The first-order valence-electron chi connectivity index (χ1n) is 6.79. The van der Waals surface area contributed by atoms with Gasteiger partial charge >= 0.3 is 0 Å². The summed E-state index contributed by atoms with van der Waals surface area (Å²) in [6.45, 7) is 0.675. The summed E-state index contributed by atoms with van der Waals surface area (Å²) in [6, 6.07) is 7.33. The third kappa shape index (κ3) is 2.49. The van der Waals surface area contributed by atoms with Crippen LogP contribution in [0.1, 0.15) is 36.8 Å². The molecule has 2 heterocycles. The van der Waals surface area contributed by atoms with Gasteiger partial charge in [-0.05, 0) is 49.4 Å². The average molecular weight is 260 g/mol. The SMILES string of the molecule is N#Cc1cc(F)cc(CN2C3CCC2CC(O)C3)c1. The molecule has 0 saturated carbocycles. The highest BCUT2D eigenvalue weighted by Gasteiger charge is 2.39. The van der Waals surface area contributed by atoms with E-state index in [4.69, 9.17) is 5.26 Å². The molecule has 3 nitrogen and oxygen atoms in total. The lowest BCUT2D eigenvalue weighted by atomic mass is 9.99. The number of aliphatic hydroxyl groups is 1. The van der Waals surface area contributed by atoms with E-state index in [1.54, 1.807) is 6.07 Å². The topological polar surface area (TPSA) is 47.3 Å². The van der Waals surface area contributed by atoms with E-state index in [9.17, 15) is 9.50 Å². The van der Waals surface area contributed by atoms with Gasteiger partial charge in [-0.1, -0.05) is 0 Å². The lowest BCUT2D eigenvalue weighted by molar-refractivity contribution is 0.0310. The van der Waals surface area contributed by atoms with Gasteiger partial charge in [0.2, 0.25) is 0 Å². The van der Waals surface area contributed by atoms with Crippen molar-refractivity contribution in [3.8, 4) is 6.07 Å². The van der Waals surface area contributed by atoms with E-state index < -0.39 is 0 Å². The normalized spacial score (nSPS) is 30.3. The maximum absolute atomic E-state index is 13.4. The van der Waals surface area contributed by atoms with Crippen LogP contribution in [0.15, 0.2) is 18.2 Å². The van der Waals surface area contributed by atoms with Crippen molar-refractivity contribution in [2.24, 2.45) is 0 Å². The fraction of sp³-hybridized carbons (Fsp3) is 0.533. The summed E-state index contributed by atoms with van der Waals surface area (Å²) in [4.78, 5) is 2.36. The fourth-order valence-electron chi connectivity index (χ4n) is 3.52. The summed E-state index contributed by atoms with van der Waals surface area (Å²) in [5.41, 5.74) is 1.23. The molecule has 1 N–H and O–H groups in total. The molecule has 1 aromatic rings. The van der Waals surface area contributed by atoms with E-state index in [-0.39, 0.29) is 11.9 Å². The second-order valence-electron chi connectivity index (χ2n) is 5.64. The van der Waals surface area contributed by atoms with Crippen molar-refractivity contribution in [2.75, 3.05) is 0 Å². The molecule has 2 aliphatic heterocycles. The number of fused-ring (bicyclic) bond motifs is 2. The molecule has 0 radical (unpaired) electrons. The second kappa shape index (κ2) is 4.92. The highest BCUT2D eigenvalue weighted by Crippen LogP contribution is 2.36. The molecule has 0 amide bonds.